The molecule has 10 heteroatoms. The Morgan fingerprint density at radius 3 is 2.44 bits per heavy atom. The minimum Gasteiger partial charge on any atom is -0.515 e. The van der Waals surface area contributed by atoms with E-state index in [0.717, 1.165) is 54.7 Å². The van der Waals surface area contributed by atoms with Gasteiger partial charge in [-0.25, -0.2) is 0 Å². The van der Waals surface area contributed by atoms with E-state index in [1.165, 1.54) is 11.9 Å². The minimum atomic E-state index is 0.0986. The molecule has 0 unspecified atom stereocenters. The van der Waals surface area contributed by atoms with Crippen molar-refractivity contribution >= 4 is 46.4 Å². The average molecular weight is 532 g/mol. The number of aliphatic hydroxyl groups excluding tert-OH is 1. The molecule has 1 saturated heterocycles. The normalized spacial score (nSPS) is 14.4. The number of nitrogens with zero attached hydrogens (tertiary/aromatic N) is 4. The second-order valence-corrected chi connectivity index (χ2v) is 9.20. The van der Waals surface area contributed by atoms with Gasteiger partial charge in [-0.2, -0.15) is 0 Å². The fourth-order valence-corrected chi connectivity index (χ4v) is 4.14. The summed E-state index contributed by atoms with van der Waals surface area (Å²) in [5.74, 6) is 0.367. The largest absolute Gasteiger partial charge is 0.515 e. The summed E-state index contributed by atoms with van der Waals surface area (Å²) in [5, 5.41) is 16.2. The number of aldehydes is 1. The molecule has 1 amide bonds. The third-order valence-electron chi connectivity index (χ3n) is 6.32. The summed E-state index contributed by atoms with van der Waals surface area (Å²) in [6, 6.07) is 10.3. The van der Waals surface area contributed by atoms with E-state index in [1.54, 1.807) is 31.7 Å². The topological polar surface area (TPSA) is 126 Å². The Morgan fingerprint density at radius 2 is 1.85 bits per heavy atom. The first-order chi connectivity index (χ1) is 18.9. The molecule has 10 nitrogen and oxygen atoms in total. The number of carbonyl (C=O) groups is 2. The van der Waals surface area contributed by atoms with E-state index < -0.39 is 0 Å². The maximum atomic E-state index is 11.9. The van der Waals surface area contributed by atoms with E-state index in [2.05, 4.69) is 54.8 Å². The van der Waals surface area contributed by atoms with Crippen LogP contribution >= 0.6 is 0 Å². The molecule has 0 saturated carbocycles. The van der Waals surface area contributed by atoms with Crippen LogP contribution in [0.1, 0.15) is 13.8 Å². The number of amides is 1. The van der Waals surface area contributed by atoms with Crippen LogP contribution in [-0.2, 0) is 9.59 Å². The number of aliphatic hydroxyl groups is 1. The summed E-state index contributed by atoms with van der Waals surface area (Å²) in [5.41, 5.74) is 4.51. The van der Waals surface area contributed by atoms with E-state index in [9.17, 15) is 9.59 Å². The van der Waals surface area contributed by atoms with Crippen molar-refractivity contribution in [3.8, 4) is 0 Å². The van der Waals surface area contributed by atoms with E-state index in [1.807, 2.05) is 31.9 Å². The lowest BCUT2D eigenvalue weighted by molar-refractivity contribution is -0.134. The number of fused-ring (bicyclic) bond motifs is 1. The second-order valence-electron chi connectivity index (χ2n) is 9.20. The van der Waals surface area contributed by atoms with E-state index in [4.69, 9.17) is 5.11 Å². The highest BCUT2D eigenvalue weighted by Gasteiger charge is 2.22. The molecule has 1 aliphatic heterocycles. The van der Waals surface area contributed by atoms with Crippen LogP contribution in [0.5, 0.6) is 0 Å². The quantitative estimate of drug-likeness (QED) is 0.113. The van der Waals surface area contributed by atoms with E-state index >= 15 is 0 Å². The highest BCUT2D eigenvalue weighted by atomic mass is 16.2. The van der Waals surface area contributed by atoms with Crippen molar-refractivity contribution in [2.45, 2.75) is 13.8 Å². The molecule has 0 radical (unpaired) electrons. The molecule has 206 valence electrons. The number of hydrogen-bond acceptors (Lipinski definition) is 8. The smallest absolute Gasteiger partial charge is 0.225 e. The molecule has 1 aromatic carbocycles. The summed E-state index contributed by atoms with van der Waals surface area (Å²) in [6.45, 7) is 7.40. The van der Waals surface area contributed by atoms with Crippen LogP contribution in [0, 0.1) is 5.92 Å². The van der Waals surface area contributed by atoms with Gasteiger partial charge < -0.3 is 30.5 Å². The Morgan fingerprint density at radius 1 is 1.13 bits per heavy atom. The van der Waals surface area contributed by atoms with Gasteiger partial charge in [0.25, 0.3) is 0 Å². The van der Waals surface area contributed by atoms with E-state index in [0.29, 0.717) is 12.0 Å². The average Bonchev–Trinajstić information content (AvgIpc) is 3.46. The fraction of sp³-hybridized carbons (Fsp3) is 0.310. The zero-order valence-electron chi connectivity index (χ0n) is 22.9. The molecule has 0 atom stereocenters. The Kier molecular flexibility index (Phi) is 10.7. The molecule has 3 aromatic rings. The first kappa shape index (κ1) is 29.0. The van der Waals surface area contributed by atoms with Gasteiger partial charge in [-0.15, -0.1) is 0 Å². The highest BCUT2D eigenvalue weighted by Crippen LogP contribution is 2.23. The summed E-state index contributed by atoms with van der Waals surface area (Å²) in [7, 11) is 3.54. The van der Waals surface area contributed by atoms with Gasteiger partial charge in [-0.3, -0.25) is 19.6 Å². The summed E-state index contributed by atoms with van der Waals surface area (Å²) >= 11 is 0. The predicted molar refractivity (Wildman–Crippen MR) is 159 cm³/mol. The van der Waals surface area contributed by atoms with Crippen molar-refractivity contribution in [2.75, 3.05) is 55.8 Å². The zero-order chi connectivity index (χ0) is 28.2. The number of anilines is 3. The van der Waals surface area contributed by atoms with Crippen LogP contribution in [0.2, 0.25) is 0 Å². The Balaban J connectivity index is 0.000000216. The molecule has 1 aliphatic rings. The molecule has 0 aliphatic carbocycles. The van der Waals surface area contributed by atoms with Crippen LogP contribution in [0.3, 0.4) is 0 Å². The van der Waals surface area contributed by atoms with Crippen molar-refractivity contribution in [2.24, 2.45) is 10.9 Å². The van der Waals surface area contributed by atoms with Gasteiger partial charge in [0.2, 0.25) is 5.91 Å². The molecule has 2 aromatic heterocycles. The van der Waals surface area contributed by atoms with Crippen LogP contribution in [-0.4, -0.2) is 78.7 Å². The number of rotatable bonds is 8. The fourth-order valence-electron chi connectivity index (χ4n) is 4.14. The lowest BCUT2D eigenvalue weighted by atomic mass is 10.1. The highest BCUT2D eigenvalue weighted by molar-refractivity contribution is 5.94. The standard InChI is InChI=1S/C15H23N3O.C14H14N4O2/c1-12(2)15(19)18-10-8-17(9-11-18)14-6-4-13(16-3)5-7-14;1-15-4-3-12(10(8-19)9-20)18-14-7-16-6-13-11(14)2-5-17-13/h4-7,12,16H,8-11H2,1-3H3;2-9,17-19H,1H3/b;10-8-,12-3+,15-4?. The second kappa shape index (κ2) is 14.4. The lowest BCUT2D eigenvalue weighted by Crippen LogP contribution is -2.49. The number of allylic oxidation sites excluding steroid dienone is 2. The van der Waals surface area contributed by atoms with Gasteiger partial charge in [0.05, 0.1) is 41.1 Å². The van der Waals surface area contributed by atoms with Crippen molar-refractivity contribution in [1.29, 1.82) is 0 Å². The van der Waals surface area contributed by atoms with Gasteiger partial charge >= 0.3 is 0 Å². The summed E-state index contributed by atoms with van der Waals surface area (Å²) in [6.07, 6.45) is 9.60. The maximum absolute atomic E-state index is 11.9. The molecule has 1 fully saturated rings. The molecule has 39 heavy (non-hydrogen) atoms. The van der Waals surface area contributed by atoms with Crippen LogP contribution in [0.4, 0.5) is 17.1 Å². The van der Waals surface area contributed by atoms with Crippen LogP contribution < -0.4 is 15.5 Å². The van der Waals surface area contributed by atoms with Crippen molar-refractivity contribution < 1.29 is 14.7 Å². The number of nitrogens with one attached hydrogen (secondary N) is 3. The number of aliphatic imine (C=N–C) groups is 1. The first-order valence-electron chi connectivity index (χ1n) is 12.8. The predicted octanol–water partition coefficient (Wildman–Crippen LogP) is 4.23. The Labute approximate surface area is 229 Å². The number of aromatic amines is 1. The lowest BCUT2D eigenvalue weighted by Gasteiger charge is -2.37. The van der Waals surface area contributed by atoms with E-state index in [-0.39, 0.29) is 17.4 Å². The van der Waals surface area contributed by atoms with Crippen LogP contribution in [0.25, 0.3) is 10.9 Å². The number of H-pyrrole nitrogens is 1. The Hall–Kier alpha value is -4.60. The molecule has 0 spiro atoms. The number of carbonyl (C=O) groups excluding carboxylic acids is 2. The number of piperazine rings is 1. The maximum Gasteiger partial charge on any atom is 0.225 e. The van der Waals surface area contributed by atoms with Gasteiger partial charge in [0, 0.05) is 75.4 Å². The molecular formula is C29H37N7O3. The number of pyridine rings is 1. The third kappa shape index (κ3) is 7.70. The summed E-state index contributed by atoms with van der Waals surface area (Å²) < 4.78 is 0. The van der Waals surface area contributed by atoms with Crippen molar-refractivity contribution in [3.05, 3.63) is 72.5 Å². The first-order valence-corrected chi connectivity index (χ1v) is 12.8. The van der Waals surface area contributed by atoms with Gasteiger partial charge in [-0.1, -0.05) is 13.8 Å². The Bertz CT molecular complexity index is 1320. The molecule has 0 bridgehead atoms. The number of hydrogen-bond donors (Lipinski definition) is 4. The minimum absolute atomic E-state index is 0.0986. The molecule has 4 N–H and O–H groups in total. The van der Waals surface area contributed by atoms with Crippen LogP contribution in [0.15, 0.2) is 77.5 Å². The van der Waals surface area contributed by atoms with Gasteiger partial charge in [0.1, 0.15) is 0 Å². The molecular weight excluding hydrogens is 494 g/mol. The van der Waals surface area contributed by atoms with Crippen molar-refractivity contribution in [1.82, 2.24) is 14.9 Å². The summed E-state index contributed by atoms with van der Waals surface area (Å²) in [4.78, 5) is 38.2. The van der Waals surface area contributed by atoms with Gasteiger partial charge in [-0.05, 0) is 36.4 Å². The third-order valence-corrected chi connectivity index (χ3v) is 6.32. The monoisotopic (exact) mass is 531 g/mol. The zero-order valence-corrected chi connectivity index (χ0v) is 22.9. The molecule has 4 rings (SSSR count). The van der Waals surface area contributed by atoms with Gasteiger partial charge in [0.15, 0.2) is 6.29 Å². The van der Waals surface area contributed by atoms with Crippen molar-refractivity contribution in [3.63, 3.8) is 0 Å². The molecule has 3 heterocycles. The SMILES string of the molecule is CN=C/C=C(Nc1cncc2[nH]ccc12)\C(C=O)=C/O.CNc1ccc(N2CCN(C(=O)C(C)C)CC2)cc1. The number of benzene rings is 1. The number of aromatic nitrogens is 2.